The zero-order valence-corrected chi connectivity index (χ0v) is 8.19. The van der Waals surface area contributed by atoms with E-state index in [9.17, 15) is 9.59 Å². The molecule has 0 atom stereocenters. The van der Waals surface area contributed by atoms with Crippen LogP contribution in [0.15, 0.2) is 17.5 Å². The van der Waals surface area contributed by atoms with Gasteiger partial charge in [0.25, 0.3) is 5.91 Å². The summed E-state index contributed by atoms with van der Waals surface area (Å²) in [6.07, 6.45) is 0.400. The molecule has 3 nitrogen and oxygen atoms in total. The molecule has 0 radical (unpaired) electrons. The van der Waals surface area contributed by atoms with Gasteiger partial charge in [0.05, 0.1) is 4.88 Å². The Labute approximate surface area is 80.8 Å². The molecule has 0 unspecified atom stereocenters. The second-order valence-electron chi connectivity index (χ2n) is 2.69. The zero-order chi connectivity index (χ0) is 9.68. The van der Waals surface area contributed by atoms with Crippen molar-refractivity contribution in [1.29, 1.82) is 0 Å². The monoisotopic (exact) mass is 197 g/mol. The van der Waals surface area contributed by atoms with E-state index < -0.39 is 0 Å². The van der Waals surface area contributed by atoms with Crippen LogP contribution >= 0.6 is 11.3 Å². The Morgan fingerprint density at radius 2 is 2.31 bits per heavy atom. The van der Waals surface area contributed by atoms with Crippen molar-refractivity contribution < 1.29 is 9.59 Å². The molecule has 0 saturated carbocycles. The van der Waals surface area contributed by atoms with Crippen molar-refractivity contribution in [2.24, 2.45) is 0 Å². The molecule has 70 valence electrons. The minimum absolute atomic E-state index is 0.0893. The first-order valence-corrected chi connectivity index (χ1v) is 4.89. The SMILES string of the molecule is CC(=O)CCNC(=O)c1cccs1. The summed E-state index contributed by atoms with van der Waals surface area (Å²) in [6.45, 7) is 1.93. The van der Waals surface area contributed by atoms with Gasteiger partial charge in [0.2, 0.25) is 0 Å². The summed E-state index contributed by atoms with van der Waals surface area (Å²) in [5, 5.41) is 4.51. The summed E-state index contributed by atoms with van der Waals surface area (Å²) in [6, 6.07) is 3.58. The topological polar surface area (TPSA) is 46.2 Å². The quantitative estimate of drug-likeness (QED) is 0.794. The number of hydrogen-bond acceptors (Lipinski definition) is 3. The Morgan fingerprint density at radius 3 is 2.85 bits per heavy atom. The van der Waals surface area contributed by atoms with Gasteiger partial charge >= 0.3 is 0 Å². The van der Waals surface area contributed by atoms with E-state index in [1.165, 1.54) is 18.3 Å². The first-order chi connectivity index (χ1) is 6.20. The number of carbonyl (C=O) groups excluding carboxylic acids is 2. The molecule has 0 aromatic carbocycles. The molecule has 0 aliphatic heterocycles. The van der Waals surface area contributed by atoms with Crippen LogP contribution in [0.5, 0.6) is 0 Å². The van der Waals surface area contributed by atoms with E-state index in [0.29, 0.717) is 17.8 Å². The largest absolute Gasteiger partial charge is 0.351 e. The summed E-state index contributed by atoms with van der Waals surface area (Å²) >= 11 is 1.39. The zero-order valence-electron chi connectivity index (χ0n) is 7.37. The summed E-state index contributed by atoms with van der Waals surface area (Å²) in [5.74, 6) is -0.0114. The minimum atomic E-state index is -0.101. The Morgan fingerprint density at radius 1 is 1.54 bits per heavy atom. The van der Waals surface area contributed by atoms with Crippen molar-refractivity contribution in [2.45, 2.75) is 13.3 Å². The average molecular weight is 197 g/mol. The first kappa shape index (κ1) is 9.92. The minimum Gasteiger partial charge on any atom is -0.351 e. The highest BCUT2D eigenvalue weighted by atomic mass is 32.1. The van der Waals surface area contributed by atoms with Crippen molar-refractivity contribution in [1.82, 2.24) is 5.32 Å². The molecular formula is C9H11NO2S. The van der Waals surface area contributed by atoms with Crippen molar-refractivity contribution in [3.63, 3.8) is 0 Å². The summed E-state index contributed by atoms with van der Waals surface area (Å²) < 4.78 is 0. The molecule has 0 aliphatic rings. The number of Topliss-reactive ketones (excluding diaryl/α,β-unsaturated/α-hetero) is 1. The predicted octanol–water partition coefficient (Wildman–Crippen LogP) is 1.46. The fourth-order valence-electron chi connectivity index (χ4n) is 0.847. The molecule has 1 N–H and O–H groups in total. The van der Waals surface area contributed by atoms with Gasteiger partial charge in [0.1, 0.15) is 5.78 Å². The van der Waals surface area contributed by atoms with Crippen LogP contribution in [0.1, 0.15) is 23.0 Å². The van der Waals surface area contributed by atoms with E-state index in [1.807, 2.05) is 11.4 Å². The lowest BCUT2D eigenvalue weighted by Crippen LogP contribution is -2.24. The van der Waals surface area contributed by atoms with Gasteiger partial charge in [-0.15, -0.1) is 11.3 Å². The standard InChI is InChI=1S/C9H11NO2S/c1-7(11)4-5-10-9(12)8-3-2-6-13-8/h2-3,6H,4-5H2,1H3,(H,10,12). The van der Waals surface area contributed by atoms with E-state index in [0.717, 1.165) is 0 Å². The van der Waals surface area contributed by atoms with Crippen LogP contribution in [-0.2, 0) is 4.79 Å². The van der Waals surface area contributed by atoms with E-state index in [1.54, 1.807) is 6.07 Å². The number of amides is 1. The van der Waals surface area contributed by atoms with Crippen LogP contribution in [0, 0.1) is 0 Å². The molecule has 0 spiro atoms. The average Bonchev–Trinajstić information content (AvgIpc) is 2.55. The van der Waals surface area contributed by atoms with Gasteiger partial charge in [-0.25, -0.2) is 0 Å². The molecule has 1 aromatic heterocycles. The normalized spacial score (nSPS) is 9.62. The smallest absolute Gasteiger partial charge is 0.261 e. The molecule has 1 aromatic rings. The Balaban J connectivity index is 2.31. The maximum absolute atomic E-state index is 11.3. The van der Waals surface area contributed by atoms with Crippen LogP contribution in [0.4, 0.5) is 0 Å². The molecule has 0 saturated heterocycles. The third kappa shape index (κ3) is 3.38. The summed E-state index contributed by atoms with van der Waals surface area (Å²) in [4.78, 5) is 22.5. The molecule has 0 fully saturated rings. The second kappa shape index (κ2) is 4.77. The van der Waals surface area contributed by atoms with Gasteiger partial charge in [-0.1, -0.05) is 6.07 Å². The number of carbonyl (C=O) groups is 2. The lowest BCUT2D eigenvalue weighted by molar-refractivity contribution is -0.116. The van der Waals surface area contributed by atoms with Gasteiger partial charge in [0, 0.05) is 13.0 Å². The van der Waals surface area contributed by atoms with Crippen molar-refractivity contribution >= 4 is 23.0 Å². The van der Waals surface area contributed by atoms with Crippen LogP contribution < -0.4 is 5.32 Å². The molecule has 4 heteroatoms. The fraction of sp³-hybridized carbons (Fsp3) is 0.333. The number of thiophene rings is 1. The highest BCUT2D eigenvalue weighted by molar-refractivity contribution is 7.12. The Kier molecular flexibility index (Phi) is 3.64. The molecule has 0 aliphatic carbocycles. The van der Waals surface area contributed by atoms with E-state index in [4.69, 9.17) is 0 Å². The lowest BCUT2D eigenvalue weighted by atomic mass is 10.3. The van der Waals surface area contributed by atoms with E-state index in [2.05, 4.69) is 5.32 Å². The third-order valence-electron chi connectivity index (χ3n) is 1.51. The van der Waals surface area contributed by atoms with Crippen molar-refractivity contribution in [3.8, 4) is 0 Å². The maximum atomic E-state index is 11.3. The summed E-state index contributed by atoms with van der Waals surface area (Å²) in [5.41, 5.74) is 0. The van der Waals surface area contributed by atoms with E-state index >= 15 is 0 Å². The predicted molar refractivity (Wildman–Crippen MR) is 52.0 cm³/mol. The van der Waals surface area contributed by atoms with Gasteiger partial charge < -0.3 is 5.32 Å². The molecule has 0 bridgehead atoms. The first-order valence-electron chi connectivity index (χ1n) is 4.01. The third-order valence-corrected chi connectivity index (χ3v) is 2.38. The van der Waals surface area contributed by atoms with Gasteiger partial charge in [0.15, 0.2) is 0 Å². The number of nitrogens with one attached hydrogen (secondary N) is 1. The molecule has 1 amide bonds. The Bertz CT molecular complexity index is 293. The summed E-state index contributed by atoms with van der Waals surface area (Å²) in [7, 11) is 0. The molecule has 13 heavy (non-hydrogen) atoms. The van der Waals surface area contributed by atoms with Gasteiger partial charge in [-0.05, 0) is 18.4 Å². The second-order valence-corrected chi connectivity index (χ2v) is 3.63. The number of rotatable bonds is 4. The van der Waals surface area contributed by atoms with Crippen LogP contribution in [-0.4, -0.2) is 18.2 Å². The van der Waals surface area contributed by atoms with Crippen molar-refractivity contribution in [3.05, 3.63) is 22.4 Å². The Hall–Kier alpha value is -1.16. The van der Waals surface area contributed by atoms with Gasteiger partial charge in [-0.3, -0.25) is 9.59 Å². The highest BCUT2D eigenvalue weighted by Gasteiger charge is 2.04. The van der Waals surface area contributed by atoms with Crippen LogP contribution in [0.3, 0.4) is 0 Å². The highest BCUT2D eigenvalue weighted by Crippen LogP contribution is 2.07. The lowest BCUT2D eigenvalue weighted by Gasteiger charge is -2.00. The molecule has 1 heterocycles. The number of ketones is 1. The van der Waals surface area contributed by atoms with Crippen LogP contribution in [0.2, 0.25) is 0 Å². The fourth-order valence-corrected chi connectivity index (χ4v) is 1.49. The van der Waals surface area contributed by atoms with Crippen LogP contribution in [0.25, 0.3) is 0 Å². The van der Waals surface area contributed by atoms with Crippen molar-refractivity contribution in [2.75, 3.05) is 6.54 Å². The van der Waals surface area contributed by atoms with Gasteiger partial charge in [-0.2, -0.15) is 0 Å². The molecule has 1 rings (SSSR count). The maximum Gasteiger partial charge on any atom is 0.261 e. The molecular weight excluding hydrogens is 186 g/mol. The number of hydrogen-bond donors (Lipinski definition) is 1. The van der Waals surface area contributed by atoms with E-state index in [-0.39, 0.29) is 11.7 Å².